The van der Waals surface area contributed by atoms with Crippen LogP contribution in [0.1, 0.15) is 0 Å². The van der Waals surface area contributed by atoms with Gasteiger partial charge in [-0.15, -0.1) is 0 Å². The Morgan fingerprint density at radius 2 is 0.922 bits per heavy atom. The van der Waals surface area contributed by atoms with Crippen molar-refractivity contribution in [3.8, 4) is 56.4 Å². The maximum Gasteiger partial charge on any atom is 0.164 e. The smallest absolute Gasteiger partial charge is 0.164 e. The molecule has 10 rings (SSSR count). The number of aromatic nitrogens is 3. The van der Waals surface area contributed by atoms with Crippen molar-refractivity contribution in [3.63, 3.8) is 0 Å². The largest absolute Gasteiger partial charge is 0.455 e. The van der Waals surface area contributed by atoms with Crippen LogP contribution in [0.25, 0.3) is 99.9 Å². The van der Waals surface area contributed by atoms with Crippen molar-refractivity contribution in [3.05, 3.63) is 176 Å². The second kappa shape index (κ2) is 11.9. The molecule has 0 N–H and O–H groups in total. The first-order chi connectivity index (χ1) is 25.3. The Balaban J connectivity index is 1.20. The Morgan fingerprint density at radius 3 is 1.71 bits per heavy atom. The van der Waals surface area contributed by atoms with Crippen LogP contribution in [0.4, 0.5) is 0 Å². The number of fused-ring (bicyclic) bond motifs is 6. The second-order valence-corrected chi connectivity index (χ2v) is 12.8. The van der Waals surface area contributed by atoms with E-state index in [1.807, 2.05) is 48.5 Å². The van der Waals surface area contributed by atoms with Crippen LogP contribution in [0, 0.1) is 0 Å². The summed E-state index contributed by atoms with van der Waals surface area (Å²) < 4.78 is 6.66. The molecule has 4 heteroatoms. The van der Waals surface area contributed by atoms with Gasteiger partial charge in [0, 0.05) is 32.8 Å². The van der Waals surface area contributed by atoms with Crippen LogP contribution in [-0.2, 0) is 0 Å². The Labute approximate surface area is 294 Å². The summed E-state index contributed by atoms with van der Waals surface area (Å²) in [6.45, 7) is 0. The van der Waals surface area contributed by atoms with E-state index in [9.17, 15) is 0 Å². The van der Waals surface area contributed by atoms with Crippen LogP contribution >= 0.6 is 0 Å². The number of benzene rings is 8. The monoisotopic (exact) mass is 651 g/mol. The van der Waals surface area contributed by atoms with Crippen molar-refractivity contribution < 1.29 is 4.42 Å². The minimum atomic E-state index is 0.596. The predicted molar refractivity (Wildman–Crippen MR) is 209 cm³/mol. The number of para-hydroxylation sites is 1. The fraction of sp³-hybridized carbons (Fsp3) is 0. The van der Waals surface area contributed by atoms with Crippen molar-refractivity contribution in [1.29, 1.82) is 0 Å². The highest BCUT2D eigenvalue weighted by atomic mass is 16.3. The molecule has 0 radical (unpaired) electrons. The lowest BCUT2D eigenvalue weighted by Gasteiger charge is -2.13. The molecule has 238 valence electrons. The average molecular weight is 652 g/mol. The third-order valence-electron chi connectivity index (χ3n) is 9.72. The molecule has 8 aromatic carbocycles. The number of rotatable bonds is 5. The highest BCUT2D eigenvalue weighted by Gasteiger charge is 2.21. The lowest BCUT2D eigenvalue weighted by molar-refractivity contribution is 0.672. The summed E-state index contributed by atoms with van der Waals surface area (Å²) in [5, 5.41) is 6.59. The normalized spacial score (nSPS) is 11.5. The summed E-state index contributed by atoms with van der Waals surface area (Å²) in [7, 11) is 0. The number of hydrogen-bond donors (Lipinski definition) is 0. The minimum absolute atomic E-state index is 0.596. The van der Waals surface area contributed by atoms with E-state index < -0.39 is 0 Å². The number of furan rings is 1. The first-order valence-corrected chi connectivity index (χ1v) is 17.1. The summed E-state index contributed by atoms with van der Waals surface area (Å²) in [4.78, 5) is 15.5. The maximum absolute atomic E-state index is 6.66. The summed E-state index contributed by atoms with van der Waals surface area (Å²) in [5.41, 5.74) is 8.96. The second-order valence-electron chi connectivity index (χ2n) is 12.8. The van der Waals surface area contributed by atoms with Crippen LogP contribution < -0.4 is 0 Å². The fourth-order valence-corrected chi connectivity index (χ4v) is 7.21. The lowest BCUT2D eigenvalue weighted by atomic mass is 9.93. The van der Waals surface area contributed by atoms with E-state index in [4.69, 9.17) is 19.4 Å². The molecule has 0 saturated carbocycles. The van der Waals surface area contributed by atoms with Gasteiger partial charge in [-0.2, -0.15) is 0 Å². The molecule has 0 aliphatic rings. The van der Waals surface area contributed by atoms with Crippen LogP contribution in [0.15, 0.2) is 180 Å². The summed E-state index contributed by atoms with van der Waals surface area (Å²) in [5.74, 6) is 1.83. The topological polar surface area (TPSA) is 51.8 Å². The highest BCUT2D eigenvalue weighted by Crippen LogP contribution is 2.43. The van der Waals surface area contributed by atoms with Gasteiger partial charge in [-0.25, -0.2) is 15.0 Å². The minimum Gasteiger partial charge on any atom is -0.455 e. The van der Waals surface area contributed by atoms with E-state index in [1.165, 1.54) is 16.3 Å². The first kappa shape index (κ1) is 29.0. The van der Waals surface area contributed by atoms with Crippen molar-refractivity contribution in [2.45, 2.75) is 0 Å². The molecule has 0 amide bonds. The molecular formula is C47H29N3O. The third-order valence-corrected chi connectivity index (χ3v) is 9.72. The van der Waals surface area contributed by atoms with Crippen LogP contribution in [0.2, 0.25) is 0 Å². The predicted octanol–water partition coefficient (Wildman–Crippen LogP) is 12.4. The van der Waals surface area contributed by atoms with E-state index in [0.717, 1.165) is 66.1 Å². The average Bonchev–Trinajstić information content (AvgIpc) is 3.61. The number of hydrogen-bond acceptors (Lipinski definition) is 4. The number of nitrogens with zero attached hydrogens (tertiary/aromatic N) is 3. The van der Waals surface area contributed by atoms with Gasteiger partial charge in [0.2, 0.25) is 0 Å². The lowest BCUT2D eigenvalue weighted by Crippen LogP contribution is -2.00. The van der Waals surface area contributed by atoms with Crippen LogP contribution in [0.5, 0.6) is 0 Å². The van der Waals surface area contributed by atoms with Gasteiger partial charge in [-0.1, -0.05) is 158 Å². The van der Waals surface area contributed by atoms with Gasteiger partial charge in [-0.05, 0) is 56.6 Å². The van der Waals surface area contributed by atoms with Crippen molar-refractivity contribution in [1.82, 2.24) is 15.0 Å². The quantitative estimate of drug-likeness (QED) is 0.186. The van der Waals surface area contributed by atoms with Gasteiger partial charge < -0.3 is 4.42 Å². The van der Waals surface area contributed by atoms with Gasteiger partial charge >= 0.3 is 0 Å². The molecule has 0 spiro atoms. The molecule has 2 aromatic heterocycles. The first-order valence-electron chi connectivity index (χ1n) is 17.1. The molecular weight excluding hydrogens is 623 g/mol. The van der Waals surface area contributed by atoms with Crippen LogP contribution in [0.3, 0.4) is 0 Å². The van der Waals surface area contributed by atoms with E-state index >= 15 is 0 Å². The molecule has 4 nitrogen and oxygen atoms in total. The zero-order valence-corrected chi connectivity index (χ0v) is 27.5. The molecule has 0 bridgehead atoms. The Bertz CT molecular complexity index is 2900. The van der Waals surface area contributed by atoms with Crippen molar-refractivity contribution in [2.24, 2.45) is 0 Å². The zero-order valence-electron chi connectivity index (χ0n) is 27.5. The third kappa shape index (κ3) is 5.04. The highest BCUT2D eigenvalue weighted by molar-refractivity contribution is 6.22. The molecule has 51 heavy (non-hydrogen) atoms. The van der Waals surface area contributed by atoms with Crippen molar-refractivity contribution >= 4 is 43.5 Å². The van der Waals surface area contributed by atoms with Gasteiger partial charge in [0.25, 0.3) is 0 Å². The summed E-state index contributed by atoms with van der Waals surface area (Å²) in [6.07, 6.45) is 0. The van der Waals surface area contributed by atoms with E-state index in [0.29, 0.717) is 17.5 Å². The van der Waals surface area contributed by atoms with Gasteiger partial charge in [0.15, 0.2) is 17.5 Å². The van der Waals surface area contributed by atoms with Crippen LogP contribution in [-0.4, -0.2) is 15.0 Å². The molecule has 0 aliphatic carbocycles. The summed E-state index contributed by atoms with van der Waals surface area (Å²) >= 11 is 0. The standard InChI is InChI=1S/C47H29N3O/c1-3-13-32(14-4-1)37-19-11-20-38-40(37)29-41(43-39-18-9-10-21-42(39)51-44(38)43)47-49-45(33-15-5-2-6-16-33)48-46(50-47)34-25-22-31(23-26-34)36-27-24-30-12-7-8-17-35(30)28-36/h1-29H. The fourth-order valence-electron chi connectivity index (χ4n) is 7.21. The molecule has 0 atom stereocenters. The van der Waals surface area contributed by atoms with E-state index in [1.54, 1.807) is 0 Å². The van der Waals surface area contributed by atoms with E-state index in [-0.39, 0.29) is 0 Å². The molecule has 0 saturated heterocycles. The van der Waals surface area contributed by atoms with Gasteiger partial charge in [0.05, 0.1) is 0 Å². The van der Waals surface area contributed by atoms with Gasteiger partial charge in [-0.3, -0.25) is 0 Å². The molecule has 0 aliphatic heterocycles. The molecule has 10 aromatic rings. The van der Waals surface area contributed by atoms with Gasteiger partial charge in [0.1, 0.15) is 11.2 Å². The Morgan fingerprint density at radius 1 is 0.333 bits per heavy atom. The summed E-state index contributed by atoms with van der Waals surface area (Å²) in [6, 6.07) is 61.0. The zero-order chi connectivity index (χ0) is 33.7. The van der Waals surface area contributed by atoms with Crippen molar-refractivity contribution in [2.75, 3.05) is 0 Å². The Hall–Kier alpha value is -6.91. The molecule has 0 fully saturated rings. The molecule has 0 unspecified atom stereocenters. The molecule has 2 heterocycles. The van der Waals surface area contributed by atoms with E-state index in [2.05, 4.69) is 127 Å². The Kier molecular flexibility index (Phi) is 6.78. The maximum atomic E-state index is 6.66. The SMILES string of the molecule is c1ccc(-c2nc(-c3ccc(-c4ccc5ccccc5c4)cc3)nc(-c3cc4c(-c5ccccc5)cccc4c4oc5ccccc5c34)n2)cc1.